The number of nitrogens with one attached hydrogen (secondary N) is 1. The van der Waals surface area contributed by atoms with E-state index in [-0.39, 0.29) is 0 Å². The van der Waals surface area contributed by atoms with E-state index in [2.05, 4.69) is 5.32 Å². The third-order valence-electron chi connectivity index (χ3n) is 1.72. The lowest BCUT2D eigenvalue weighted by molar-refractivity contribution is 0.209. The van der Waals surface area contributed by atoms with Crippen molar-refractivity contribution in [3.8, 4) is 5.75 Å². The maximum atomic E-state index is 10.4. The van der Waals surface area contributed by atoms with Gasteiger partial charge in [-0.15, -0.1) is 0 Å². The van der Waals surface area contributed by atoms with E-state index in [0.29, 0.717) is 16.5 Å². The number of carbonyl (C=O) groups is 1. The van der Waals surface area contributed by atoms with Crippen LogP contribution in [0.3, 0.4) is 0 Å². The molecule has 0 spiro atoms. The average Bonchev–Trinajstić information content (AvgIpc) is 2.10. The predicted octanol–water partition coefficient (Wildman–Crippen LogP) is 2.75. The van der Waals surface area contributed by atoms with Crippen LogP contribution in [-0.4, -0.2) is 18.3 Å². The number of rotatable bonds is 2. The zero-order valence-electron chi connectivity index (χ0n) is 7.80. The van der Waals surface area contributed by atoms with Crippen molar-refractivity contribution < 1.29 is 14.6 Å². The molecule has 0 aliphatic carbocycles. The lowest BCUT2D eigenvalue weighted by atomic mass is 10.2. The number of amides is 1. The standard InChI is InChI=1S/C9H10ClNO3/c1-5-3-8(14-2)7(4-6(5)10)11-9(12)13/h3-4,11H,1-2H3,(H,12,13). The molecule has 5 heteroatoms. The van der Waals surface area contributed by atoms with Gasteiger partial charge in [-0.05, 0) is 24.6 Å². The van der Waals surface area contributed by atoms with E-state index in [1.807, 2.05) is 6.92 Å². The molecule has 76 valence electrons. The summed E-state index contributed by atoms with van der Waals surface area (Å²) in [5, 5.41) is 11.2. The minimum atomic E-state index is -1.15. The quantitative estimate of drug-likeness (QED) is 0.798. The second-order valence-corrected chi connectivity index (χ2v) is 3.14. The Morgan fingerprint density at radius 3 is 2.71 bits per heavy atom. The minimum Gasteiger partial charge on any atom is -0.495 e. The highest BCUT2D eigenvalue weighted by Crippen LogP contribution is 2.30. The van der Waals surface area contributed by atoms with Crippen molar-refractivity contribution >= 4 is 23.4 Å². The zero-order valence-corrected chi connectivity index (χ0v) is 8.55. The van der Waals surface area contributed by atoms with E-state index in [1.54, 1.807) is 6.07 Å². The second kappa shape index (κ2) is 4.19. The molecule has 0 fully saturated rings. The maximum Gasteiger partial charge on any atom is 0.409 e. The normalized spacial score (nSPS) is 9.64. The number of hydrogen-bond acceptors (Lipinski definition) is 2. The van der Waals surface area contributed by atoms with Crippen LogP contribution in [0, 0.1) is 6.92 Å². The van der Waals surface area contributed by atoms with Crippen molar-refractivity contribution in [2.24, 2.45) is 0 Å². The Hall–Kier alpha value is -1.42. The molecule has 0 aliphatic heterocycles. The summed E-state index contributed by atoms with van der Waals surface area (Å²) < 4.78 is 5.00. The summed E-state index contributed by atoms with van der Waals surface area (Å²) in [6, 6.07) is 3.19. The molecule has 14 heavy (non-hydrogen) atoms. The van der Waals surface area contributed by atoms with Gasteiger partial charge in [0.05, 0.1) is 12.8 Å². The Balaban J connectivity index is 3.13. The molecule has 1 aromatic carbocycles. The number of methoxy groups -OCH3 is 1. The first-order valence-corrected chi connectivity index (χ1v) is 4.26. The Kier molecular flexibility index (Phi) is 3.19. The van der Waals surface area contributed by atoms with Crippen LogP contribution in [0.4, 0.5) is 10.5 Å². The molecule has 0 unspecified atom stereocenters. The predicted molar refractivity (Wildman–Crippen MR) is 54.4 cm³/mol. The van der Waals surface area contributed by atoms with Gasteiger partial charge in [-0.1, -0.05) is 11.6 Å². The van der Waals surface area contributed by atoms with Gasteiger partial charge in [-0.3, -0.25) is 5.32 Å². The highest BCUT2D eigenvalue weighted by atomic mass is 35.5. The van der Waals surface area contributed by atoms with Gasteiger partial charge in [-0.25, -0.2) is 4.79 Å². The molecule has 0 heterocycles. The Morgan fingerprint density at radius 1 is 1.57 bits per heavy atom. The third kappa shape index (κ3) is 2.29. The summed E-state index contributed by atoms with van der Waals surface area (Å²) in [6.45, 7) is 1.81. The average molecular weight is 216 g/mol. The summed E-state index contributed by atoms with van der Waals surface area (Å²) in [5.41, 5.74) is 1.18. The van der Waals surface area contributed by atoms with Crippen molar-refractivity contribution in [1.29, 1.82) is 0 Å². The number of anilines is 1. The topological polar surface area (TPSA) is 58.6 Å². The van der Waals surface area contributed by atoms with Crippen molar-refractivity contribution in [3.63, 3.8) is 0 Å². The molecule has 4 nitrogen and oxygen atoms in total. The summed E-state index contributed by atoms with van der Waals surface area (Å²) >= 11 is 5.84. The molecular formula is C9H10ClNO3. The minimum absolute atomic E-state index is 0.343. The van der Waals surface area contributed by atoms with Gasteiger partial charge < -0.3 is 9.84 Å². The van der Waals surface area contributed by atoms with E-state index in [1.165, 1.54) is 13.2 Å². The number of benzene rings is 1. The van der Waals surface area contributed by atoms with Gasteiger partial charge in [0.2, 0.25) is 0 Å². The highest BCUT2D eigenvalue weighted by Gasteiger charge is 2.08. The van der Waals surface area contributed by atoms with Crippen LogP contribution in [0.15, 0.2) is 12.1 Å². The van der Waals surface area contributed by atoms with Crippen molar-refractivity contribution in [1.82, 2.24) is 0 Å². The van der Waals surface area contributed by atoms with Crippen LogP contribution in [0.25, 0.3) is 0 Å². The van der Waals surface area contributed by atoms with Gasteiger partial charge in [0.15, 0.2) is 0 Å². The largest absolute Gasteiger partial charge is 0.495 e. The van der Waals surface area contributed by atoms with E-state index < -0.39 is 6.09 Å². The molecule has 2 N–H and O–H groups in total. The van der Waals surface area contributed by atoms with Gasteiger partial charge in [0.1, 0.15) is 5.75 Å². The smallest absolute Gasteiger partial charge is 0.409 e. The number of hydrogen-bond donors (Lipinski definition) is 2. The van der Waals surface area contributed by atoms with Crippen LogP contribution in [0.1, 0.15) is 5.56 Å². The molecule has 1 rings (SSSR count). The van der Waals surface area contributed by atoms with Crippen LogP contribution < -0.4 is 10.1 Å². The molecule has 0 bridgehead atoms. The maximum absolute atomic E-state index is 10.4. The lowest BCUT2D eigenvalue weighted by Gasteiger charge is -2.09. The van der Waals surface area contributed by atoms with E-state index in [0.717, 1.165) is 5.56 Å². The zero-order chi connectivity index (χ0) is 10.7. The lowest BCUT2D eigenvalue weighted by Crippen LogP contribution is -2.08. The van der Waals surface area contributed by atoms with Gasteiger partial charge in [0, 0.05) is 5.02 Å². The summed E-state index contributed by atoms with van der Waals surface area (Å²) in [4.78, 5) is 10.4. The molecule has 0 radical (unpaired) electrons. The van der Waals surface area contributed by atoms with E-state index in [4.69, 9.17) is 21.4 Å². The number of aryl methyl sites for hydroxylation is 1. The molecular weight excluding hydrogens is 206 g/mol. The molecule has 0 saturated carbocycles. The number of halogens is 1. The van der Waals surface area contributed by atoms with Crippen molar-refractivity contribution in [2.45, 2.75) is 6.92 Å². The Morgan fingerprint density at radius 2 is 2.21 bits per heavy atom. The summed E-state index contributed by atoms with van der Waals surface area (Å²) in [7, 11) is 1.47. The van der Waals surface area contributed by atoms with Crippen LogP contribution >= 0.6 is 11.6 Å². The van der Waals surface area contributed by atoms with Crippen molar-refractivity contribution in [2.75, 3.05) is 12.4 Å². The third-order valence-corrected chi connectivity index (χ3v) is 2.13. The van der Waals surface area contributed by atoms with Crippen LogP contribution in [0.5, 0.6) is 5.75 Å². The summed E-state index contributed by atoms with van der Waals surface area (Å²) in [6.07, 6.45) is -1.15. The first-order chi connectivity index (χ1) is 6.54. The fraction of sp³-hybridized carbons (Fsp3) is 0.222. The summed E-state index contributed by atoms with van der Waals surface area (Å²) in [5.74, 6) is 0.453. The molecule has 0 aromatic heterocycles. The van der Waals surface area contributed by atoms with Crippen LogP contribution in [-0.2, 0) is 0 Å². The molecule has 0 atom stereocenters. The molecule has 1 amide bonds. The monoisotopic (exact) mass is 215 g/mol. The SMILES string of the molecule is COc1cc(C)c(Cl)cc1NC(=O)O. The van der Waals surface area contributed by atoms with E-state index in [9.17, 15) is 4.79 Å². The molecule has 0 aliphatic rings. The number of carboxylic acid groups (broad SMARTS) is 1. The van der Waals surface area contributed by atoms with Crippen molar-refractivity contribution in [3.05, 3.63) is 22.7 Å². The Bertz CT molecular complexity index is 365. The number of ether oxygens (including phenoxy) is 1. The fourth-order valence-corrected chi connectivity index (χ4v) is 1.20. The highest BCUT2D eigenvalue weighted by molar-refractivity contribution is 6.31. The molecule has 0 saturated heterocycles. The van der Waals surface area contributed by atoms with E-state index >= 15 is 0 Å². The first kappa shape index (κ1) is 10.7. The fourth-order valence-electron chi connectivity index (χ4n) is 1.04. The first-order valence-electron chi connectivity index (χ1n) is 3.88. The van der Waals surface area contributed by atoms with Gasteiger partial charge in [0.25, 0.3) is 0 Å². The molecule has 1 aromatic rings. The second-order valence-electron chi connectivity index (χ2n) is 2.73. The van der Waals surface area contributed by atoms with Crippen LogP contribution in [0.2, 0.25) is 5.02 Å². The Labute approximate surface area is 86.4 Å². The van der Waals surface area contributed by atoms with Gasteiger partial charge in [-0.2, -0.15) is 0 Å². The van der Waals surface area contributed by atoms with Gasteiger partial charge >= 0.3 is 6.09 Å².